The minimum absolute atomic E-state index is 0.211. The van der Waals surface area contributed by atoms with Crippen molar-refractivity contribution >= 4 is 28.8 Å². The van der Waals surface area contributed by atoms with Gasteiger partial charge >= 0.3 is 12.4 Å². The minimum atomic E-state index is -6.04. The molecular weight excluding hydrogens is 855 g/mol. The Balaban J connectivity index is 1.22. The Morgan fingerprint density at radius 2 is 1.12 bits per heavy atom. The van der Waals surface area contributed by atoms with Crippen LogP contribution in [0.1, 0.15) is 125 Å². The number of anilines is 2. The molecule has 9 rings (SSSR count). The number of fused-ring (bicyclic) bond motifs is 5. The lowest BCUT2D eigenvalue weighted by atomic mass is 9.66. The third-order valence-corrected chi connectivity index (χ3v) is 14.0. The van der Waals surface area contributed by atoms with Crippen LogP contribution < -0.4 is 9.80 Å². The first-order valence-corrected chi connectivity index (χ1v) is 21.9. The lowest BCUT2D eigenvalue weighted by molar-refractivity contribution is -0.288. The van der Waals surface area contributed by atoms with Crippen molar-refractivity contribution in [3.8, 4) is 11.1 Å². The highest BCUT2D eigenvalue weighted by atomic mass is 19.4. The van der Waals surface area contributed by atoms with E-state index >= 15 is 26.3 Å². The topological polar surface area (TPSA) is 77.9 Å². The Morgan fingerprint density at radius 3 is 1.67 bits per heavy atom. The van der Waals surface area contributed by atoms with Crippen LogP contribution in [0.25, 0.3) is 11.1 Å². The first kappa shape index (κ1) is 44.7. The third-order valence-electron chi connectivity index (χ3n) is 14.0. The molecule has 3 aliphatic rings. The molecule has 0 spiro atoms. The number of carbonyl (C=O) groups excluding carboxylic acids is 3. The van der Waals surface area contributed by atoms with Gasteiger partial charge in [0.15, 0.2) is 17.8 Å². The van der Waals surface area contributed by atoms with Gasteiger partial charge < -0.3 is 10.0 Å². The standard InChI is InChI=1S/C54H46F6N2O4/c1-7-31-25-35(23-29(3)47(31)61(5)6)51(43-15-11-9-13-37(43)38-14-10-12-16-44(38)51)36-24-30(4)48(32(8-2)26-36)62-49(65)40-20-18-34(28-42(40)50(62)66)52(53(55,56)57,54(58,59)60)33-17-19-39-41(27-33)46(64)22-21-45(39)63/h9-20,23-28,50,66H,7-8,21-22H2,1-6H3. The second kappa shape index (κ2) is 15.5. The molecule has 1 aliphatic heterocycles. The smallest absolute Gasteiger partial charge is 0.377 e. The van der Waals surface area contributed by atoms with Crippen molar-refractivity contribution < 1.29 is 45.8 Å². The number of Topliss-reactive ketones (excluding diaryl/α,β-unsaturated/α-hetero) is 2. The molecule has 0 bridgehead atoms. The molecule has 0 saturated heterocycles. The molecule has 12 heteroatoms. The number of halogens is 6. The number of nitrogens with zero attached hydrogens (tertiary/aromatic N) is 2. The first-order valence-electron chi connectivity index (χ1n) is 21.9. The molecule has 1 heterocycles. The van der Waals surface area contributed by atoms with Gasteiger partial charge in [0, 0.05) is 54.9 Å². The molecule has 0 radical (unpaired) electrons. The fraction of sp³-hybridized carbons (Fsp3) is 0.278. The quantitative estimate of drug-likeness (QED) is 0.154. The molecule has 66 heavy (non-hydrogen) atoms. The number of benzene rings is 6. The van der Waals surface area contributed by atoms with Crippen LogP contribution in [0.3, 0.4) is 0 Å². The van der Waals surface area contributed by atoms with Gasteiger partial charge in [0.2, 0.25) is 5.41 Å². The maximum Gasteiger partial charge on any atom is 0.411 e. The van der Waals surface area contributed by atoms with Crippen molar-refractivity contribution in [1.82, 2.24) is 0 Å². The summed E-state index contributed by atoms with van der Waals surface area (Å²) in [6.45, 7) is 7.88. The van der Waals surface area contributed by atoms with Gasteiger partial charge in [-0.25, -0.2) is 0 Å². The van der Waals surface area contributed by atoms with Gasteiger partial charge in [-0.3, -0.25) is 19.3 Å². The van der Waals surface area contributed by atoms with Gasteiger partial charge in [0.05, 0.1) is 11.1 Å². The van der Waals surface area contributed by atoms with Crippen LogP contribution in [0.4, 0.5) is 37.7 Å². The summed E-state index contributed by atoms with van der Waals surface area (Å²) in [6.07, 6.45) is -13.5. The predicted octanol–water partition coefficient (Wildman–Crippen LogP) is 12.1. The Morgan fingerprint density at radius 1 is 0.621 bits per heavy atom. The molecule has 1 unspecified atom stereocenters. The first-order chi connectivity index (χ1) is 31.2. The summed E-state index contributed by atoms with van der Waals surface area (Å²) in [7, 11) is 4.04. The van der Waals surface area contributed by atoms with Crippen molar-refractivity contribution in [3.63, 3.8) is 0 Å². The summed E-state index contributed by atoms with van der Waals surface area (Å²) in [5.41, 5.74) is 1.25. The third kappa shape index (κ3) is 6.16. The van der Waals surface area contributed by atoms with Gasteiger partial charge in [0.25, 0.3) is 5.91 Å². The Bertz CT molecular complexity index is 2980. The van der Waals surface area contributed by atoms with E-state index in [-0.39, 0.29) is 29.7 Å². The van der Waals surface area contributed by atoms with E-state index in [1.165, 1.54) is 0 Å². The number of aliphatic hydroxyl groups excluding tert-OH is 1. The molecule has 338 valence electrons. The van der Waals surface area contributed by atoms with Crippen LogP contribution in [-0.4, -0.2) is 49.0 Å². The molecule has 1 amide bonds. The maximum atomic E-state index is 15.5. The average Bonchev–Trinajstić information content (AvgIpc) is 3.70. The fourth-order valence-corrected chi connectivity index (χ4v) is 11.2. The SMILES string of the molecule is CCc1cc(C2(c3cc(C)c(N4C(=O)c5ccc(C(c6ccc7c(c6)C(=O)CCC7=O)(C(F)(F)F)C(F)(F)F)cc5C4O)c(CC)c3)c3ccccc3-c3ccccc32)cc(C)c1N(C)C. The second-order valence-corrected chi connectivity index (χ2v) is 17.7. The molecule has 1 atom stereocenters. The Kier molecular flexibility index (Phi) is 10.5. The molecule has 0 saturated carbocycles. The summed E-state index contributed by atoms with van der Waals surface area (Å²) in [6, 6.07) is 28.9. The largest absolute Gasteiger partial charge is 0.411 e. The van der Waals surface area contributed by atoms with Crippen molar-refractivity contribution in [3.05, 3.63) is 187 Å². The molecule has 6 nitrogen and oxygen atoms in total. The van der Waals surface area contributed by atoms with E-state index in [1.54, 1.807) is 6.92 Å². The molecule has 1 N–H and O–H groups in total. The van der Waals surface area contributed by atoms with Crippen molar-refractivity contribution in [2.45, 2.75) is 82.8 Å². The van der Waals surface area contributed by atoms with E-state index in [2.05, 4.69) is 55.1 Å². The number of hydrogen-bond donors (Lipinski definition) is 1. The van der Waals surface area contributed by atoms with Gasteiger partial charge in [0.1, 0.15) is 0 Å². The minimum Gasteiger partial charge on any atom is -0.377 e. The van der Waals surface area contributed by atoms with Crippen LogP contribution in [0.2, 0.25) is 0 Å². The van der Waals surface area contributed by atoms with Gasteiger partial charge in [-0.15, -0.1) is 0 Å². The Hall–Kier alpha value is -6.53. The second-order valence-electron chi connectivity index (χ2n) is 17.7. The molecule has 0 aromatic heterocycles. The van der Waals surface area contributed by atoms with Crippen LogP contribution in [0.15, 0.2) is 109 Å². The summed E-state index contributed by atoms with van der Waals surface area (Å²) < 4.78 is 92.9. The van der Waals surface area contributed by atoms with E-state index < -0.39 is 69.1 Å². The average molecular weight is 901 g/mol. The van der Waals surface area contributed by atoms with E-state index in [1.807, 2.05) is 57.4 Å². The molecular formula is C54H46F6N2O4. The monoisotopic (exact) mass is 900 g/mol. The normalized spacial score (nSPS) is 16.6. The maximum absolute atomic E-state index is 15.5. The van der Waals surface area contributed by atoms with E-state index in [0.717, 1.165) is 73.6 Å². The zero-order chi connectivity index (χ0) is 47.4. The molecule has 0 fully saturated rings. The number of rotatable bonds is 8. The van der Waals surface area contributed by atoms with Crippen molar-refractivity contribution in [2.75, 3.05) is 23.9 Å². The highest BCUT2D eigenvalue weighted by Crippen LogP contribution is 2.59. The number of ketones is 2. The number of amides is 1. The summed E-state index contributed by atoms with van der Waals surface area (Å²) in [4.78, 5) is 43.0. The van der Waals surface area contributed by atoms with Crippen LogP contribution in [0.5, 0.6) is 0 Å². The number of aryl methyl sites for hydroxylation is 4. The highest BCUT2D eigenvalue weighted by molar-refractivity contribution is 6.14. The number of carbonyl (C=O) groups is 3. The fourth-order valence-electron chi connectivity index (χ4n) is 11.2. The number of alkyl halides is 6. The molecule has 2 aliphatic carbocycles. The van der Waals surface area contributed by atoms with Crippen LogP contribution in [-0.2, 0) is 23.7 Å². The van der Waals surface area contributed by atoms with Gasteiger partial charge in [-0.1, -0.05) is 105 Å². The van der Waals surface area contributed by atoms with Gasteiger partial charge in [-0.2, -0.15) is 26.3 Å². The highest BCUT2D eigenvalue weighted by Gasteiger charge is 2.73. The lowest BCUT2D eigenvalue weighted by Gasteiger charge is -2.39. The number of aliphatic hydroxyl groups is 1. The van der Waals surface area contributed by atoms with E-state index in [4.69, 9.17) is 0 Å². The summed E-state index contributed by atoms with van der Waals surface area (Å²) in [5, 5.41) is 12.1. The van der Waals surface area contributed by atoms with Crippen LogP contribution >= 0.6 is 0 Å². The van der Waals surface area contributed by atoms with Crippen molar-refractivity contribution in [1.29, 1.82) is 0 Å². The number of hydrogen-bond acceptors (Lipinski definition) is 5. The Labute approximate surface area is 378 Å². The zero-order valence-corrected chi connectivity index (χ0v) is 37.1. The van der Waals surface area contributed by atoms with E-state index in [0.29, 0.717) is 41.8 Å². The van der Waals surface area contributed by atoms with E-state index in [9.17, 15) is 19.5 Å². The zero-order valence-electron chi connectivity index (χ0n) is 37.1. The lowest BCUT2D eigenvalue weighted by Crippen LogP contribution is -2.55. The summed E-state index contributed by atoms with van der Waals surface area (Å²) in [5.74, 6) is -2.12. The van der Waals surface area contributed by atoms with Crippen molar-refractivity contribution in [2.24, 2.45) is 0 Å². The van der Waals surface area contributed by atoms with Gasteiger partial charge in [-0.05, 0) is 112 Å². The predicted molar refractivity (Wildman–Crippen MR) is 242 cm³/mol. The van der Waals surface area contributed by atoms with Crippen LogP contribution in [0, 0.1) is 13.8 Å². The molecule has 6 aromatic carbocycles. The summed E-state index contributed by atoms with van der Waals surface area (Å²) >= 11 is 0. The molecule has 6 aromatic rings.